The molecular weight excluding hydrogens is 164 g/mol. The van der Waals surface area contributed by atoms with Crippen molar-refractivity contribution in [1.82, 2.24) is 0 Å². The molecule has 3 heteroatoms. The zero-order valence-electron chi connectivity index (χ0n) is 5.11. The van der Waals surface area contributed by atoms with E-state index in [1.165, 1.54) is 0 Å². The molecule has 0 unspecified atom stereocenters. The van der Waals surface area contributed by atoms with Crippen molar-refractivity contribution >= 4 is 29.2 Å². The number of hydrogen-bond acceptors (Lipinski definition) is 2. The maximum absolute atomic E-state index is 4.96. The Morgan fingerprint density at radius 1 is 1.20 bits per heavy atom. The lowest BCUT2D eigenvalue weighted by atomic mass is 10.3. The average molecular weight is 169 g/mol. The Kier molecular flexibility index (Phi) is 2.59. The van der Waals surface area contributed by atoms with E-state index in [2.05, 4.69) is 24.8 Å². The summed E-state index contributed by atoms with van der Waals surface area (Å²) in [5, 5.41) is 0. The highest BCUT2D eigenvalue weighted by Crippen LogP contribution is 2.09. The molecule has 0 saturated carbocycles. The fourth-order valence-electron chi connectivity index (χ4n) is 0.585. The van der Waals surface area contributed by atoms with E-state index in [-0.39, 0.29) is 4.38 Å². The predicted molar refractivity (Wildman–Crippen MR) is 47.3 cm³/mol. The van der Waals surface area contributed by atoms with Crippen molar-refractivity contribution in [3.8, 4) is 5.75 Å². The first kappa shape index (κ1) is 7.44. The molecule has 0 bridgehead atoms. The molecule has 1 nitrogen and oxygen atoms in total. The van der Waals surface area contributed by atoms with E-state index in [1.807, 2.05) is 18.2 Å². The molecule has 0 aliphatic carbocycles. The van der Waals surface area contributed by atoms with Crippen LogP contribution in [0.3, 0.4) is 0 Å². The van der Waals surface area contributed by atoms with E-state index >= 15 is 0 Å². The van der Waals surface area contributed by atoms with Gasteiger partial charge in [0.2, 0.25) is 0 Å². The van der Waals surface area contributed by atoms with Crippen LogP contribution in [-0.4, -0.2) is 4.38 Å². The molecule has 0 fully saturated rings. The van der Waals surface area contributed by atoms with Crippen molar-refractivity contribution in [2.75, 3.05) is 0 Å². The molecule has 51 valence electrons. The van der Waals surface area contributed by atoms with E-state index < -0.39 is 0 Å². The lowest BCUT2D eigenvalue weighted by Gasteiger charge is -1.98. The van der Waals surface area contributed by atoms with Gasteiger partial charge in [-0.1, -0.05) is 18.2 Å². The Hall–Kier alpha value is -0.670. The molecule has 0 aliphatic rings. The van der Waals surface area contributed by atoms with Crippen LogP contribution in [0.1, 0.15) is 0 Å². The summed E-state index contributed by atoms with van der Waals surface area (Å²) in [4.78, 5) is 0. The molecule has 10 heavy (non-hydrogen) atoms. The quantitative estimate of drug-likeness (QED) is 0.597. The fraction of sp³-hybridized carbons (Fsp3) is 0. The summed E-state index contributed by atoms with van der Waals surface area (Å²) in [7, 11) is 0. The van der Waals surface area contributed by atoms with Crippen LogP contribution in [-0.2, 0) is 0 Å². The zero-order valence-corrected chi connectivity index (χ0v) is 6.74. The Morgan fingerprint density at radius 3 is 2.30 bits per heavy atom. The number of thiocarbonyl (C=S) groups is 1. The molecule has 0 N–H and O–H groups in total. The lowest BCUT2D eigenvalue weighted by Crippen LogP contribution is -1.94. The van der Waals surface area contributed by atoms with Crippen LogP contribution in [0.5, 0.6) is 5.75 Å². The Bertz CT molecular complexity index is 220. The van der Waals surface area contributed by atoms with Gasteiger partial charge in [-0.3, -0.25) is 0 Å². The topological polar surface area (TPSA) is 9.23 Å². The SMILES string of the molecule is [S]C(=S)Oc1ccccc1. The molecule has 0 atom stereocenters. The van der Waals surface area contributed by atoms with Crippen LogP contribution in [0.15, 0.2) is 30.3 Å². The first-order chi connectivity index (χ1) is 4.79. The van der Waals surface area contributed by atoms with Crippen LogP contribution in [0, 0.1) is 0 Å². The molecule has 0 heterocycles. The minimum Gasteiger partial charge on any atom is -0.436 e. The van der Waals surface area contributed by atoms with Gasteiger partial charge in [0.05, 0.1) is 0 Å². The summed E-state index contributed by atoms with van der Waals surface area (Å²) in [6, 6.07) is 9.24. The molecule has 1 aromatic rings. The van der Waals surface area contributed by atoms with Crippen molar-refractivity contribution in [2.24, 2.45) is 0 Å². The number of benzene rings is 1. The van der Waals surface area contributed by atoms with E-state index in [9.17, 15) is 0 Å². The third-order valence-electron chi connectivity index (χ3n) is 0.944. The molecule has 0 aromatic heterocycles. The monoisotopic (exact) mass is 169 g/mol. The minimum absolute atomic E-state index is 0.131. The highest BCUT2D eigenvalue weighted by atomic mass is 32.1. The van der Waals surface area contributed by atoms with E-state index in [4.69, 9.17) is 4.74 Å². The summed E-state index contributed by atoms with van der Waals surface area (Å²) in [6.07, 6.45) is 0. The second-order valence-electron chi connectivity index (χ2n) is 1.67. The van der Waals surface area contributed by atoms with Crippen LogP contribution in [0.25, 0.3) is 0 Å². The first-order valence-corrected chi connectivity index (χ1v) is 3.54. The van der Waals surface area contributed by atoms with Gasteiger partial charge in [0.15, 0.2) is 0 Å². The number of rotatable bonds is 1. The summed E-state index contributed by atoms with van der Waals surface area (Å²) in [6.45, 7) is 0. The van der Waals surface area contributed by atoms with E-state index in [0.29, 0.717) is 5.75 Å². The molecule has 0 spiro atoms. The second kappa shape index (κ2) is 3.49. The maximum Gasteiger partial charge on any atom is 0.257 e. The molecule has 1 radical (unpaired) electrons. The van der Waals surface area contributed by atoms with Gasteiger partial charge in [-0.25, -0.2) is 0 Å². The molecule has 0 amide bonds. The maximum atomic E-state index is 4.96. The van der Waals surface area contributed by atoms with E-state index in [1.54, 1.807) is 12.1 Å². The second-order valence-corrected chi connectivity index (χ2v) is 2.67. The Morgan fingerprint density at radius 2 is 1.80 bits per heavy atom. The number of hydrogen-bond donors (Lipinski definition) is 0. The van der Waals surface area contributed by atoms with Gasteiger partial charge in [0, 0.05) is 0 Å². The van der Waals surface area contributed by atoms with Crippen LogP contribution < -0.4 is 4.74 Å². The molecule has 0 aliphatic heterocycles. The number of ether oxygens (including phenoxy) is 1. The van der Waals surface area contributed by atoms with Gasteiger partial charge < -0.3 is 4.74 Å². The van der Waals surface area contributed by atoms with Gasteiger partial charge in [0.1, 0.15) is 5.75 Å². The fourth-order valence-corrected chi connectivity index (χ4v) is 0.777. The van der Waals surface area contributed by atoms with Gasteiger partial charge in [-0.2, -0.15) is 0 Å². The van der Waals surface area contributed by atoms with Crippen molar-refractivity contribution in [3.05, 3.63) is 30.3 Å². The van der Waals surface area contributed by atoms with Crippen LogP contribution >= 0.6 is 24.8 Å². The third-order valence-corrected chi connectivity index (χ3v) is 1.11. The third kappa shape index (κ3) is 2.29. The standard InChI is InChI=1S/C7H5OS2/c9-7(10)8-6-4-2-1-3-5-6/h1-5H. The molecule has 0 saturated heterocycles. The van der Waals surface area contributed by atoms with Gasteiger partial charge >= 0.3 is 0 Å². The molecule has 1 rings (SSSR count). The normalized spacial score (nSPS) is 8.80. The minimum atomic E-state index is 0.131. The van der Waals surface area contributed by atoms with Crippen LogP contribution in [0.4, 0.5) is 0 Å². The molecule has 1 aromatic carbocycles. The predicted octanol–water partition coefficient (Wildman–Crippen LogP) is 2.55. The highest BCUT2D eigenvalue weighted by Gasteiger charge is 1.91. The highest BCUT2D eigenvalue weighted by molar-refractivity contribution is 8.10. The Balaban J connectivity index is 2.67. The Labute approximate surface area is 70.4 Å². The van der Waals surface area contributed by atoms with Gasteiger partial charge in [0.25, 0.3) is 4.38 Å². The van der Waals surface area contributed by atoms with Crippen molar-refractivity contribution in [3.63, 3.8) is 0 Å². The van der Waals surface area contributed by atoms with Crippen molar-refractivity contribution in [1.29, 1.82) is 0 Å². The lowest BCUT2D eigenvalue weighted by molar-refractivity contribution is 0.580. The van der Waals surface area contributed by atoms with Crippen LogP contribution in [0.2, 0.25) is 0 Å². The van der Waals surface area contributed by atoms with Crippen molar-refractivity contribution in [2.45, 2.75) is 0 Å². The number of para-hydroxylation sites is 1. The van der Waals surface area contributed by atoms with Crippen molar-refractivity contribution < 1.29 is 4.74 Å². The summed E-state index contributed by atoms with van der Waals surface area (Å²) in [5.74, 6) is 0.697. The average Bonchev–Trinajstić information content (AvgIpc) is 1.88. The zero-order chi connectivity index (χ0) is 7.40. The first-order valence-electron chi connectivity index (χ1n) is 2.73. The largest absolute Gasteiger partial charge is 0.436 e. The smallest absolute Gasteiger partial charge is 0.257 e. The van der Waals surface area contributed by atoms with E-state index in [0.717, 1.165) is 0 Å². The summed E-state index contributed by atoms with van der Waals surface area (Å²) in [5.41, 5.74) is 0. The summed E-state index contributed by atoms with van der Waals surface area (Å²) >= 11 is 9.14. The van der Waals surface area contributed by atoms with Gasteiger partial charge in [-0.05, 0) is 37.0 Å². The summed E-state index contributed by atoms with van der Waals surface area (Å²) < 4.78 is 5.09. The molecular formula is C7H5OS2. The van der Waals surface area contributed by atoms with Gasteiger partial charge in [-0.15, -0.1) is 0 Å².